The summed E-state index contributed by atoms with van der Waals surface area (Å²) in [5, 5.41) is 0. The van der Waals surface area contributed by atoms with E-state index in [0.717, 1.165) is 28.3 Å². The number of rotatable bonds is 6. The second kappa shape index (κ2) is 8.09. The zero-order valence-electron chi connectivity index (χ0n) is 17.4. The molecule has 4 nitrogen and oxygen atoms in total. The van der Waals surface area contributed by atoms with E-state index >= 15 is 0 Å². The molecular weight excluding hydrogens is 350 g/mol. The molecule has 1 aliphatic rings. The molecule has 3 rings (SSSR count). The molecule has 0 saturated carbocycles. The first-order valence-electron chi connectivity index (χ1n) is 9.74. The van der Waals surface area contributed by atoms with Gasteiger partial charge in [-0.15, -0.1) is 0 Å². The van der Waals surface area contributed by atoms with Crippen LogP contribution in [0.15, 0.2) is 48.5 Å². The number of ether oxygens (including phenoxy) is 2. The lowest BCUT2D eigenvalue weighted by molar-refractivity contribution is -0.119. The summed E-state index contributed by atoms with van der Waals surface area (Å²) in [5.74, 6) is 1.95. The minimum atomic E-state index is -0.344. The number of amides is 1. The zero-order valence-corrected chi connectivity index (χ0v) is 17.4. The molecule has 2 aromatic rings. The number of methoxy groups -OCH3 is 1. The summed E-state index contributed by atoms with van der Waals surface area (Å²) >= 11 is 0. The fourth-order valence-electron chi connectivity index (χ4n) is 3.40. The number of anilines is 1. The predicted molar refractivity (Wildman–Crippen MR) is 114 cm³/mol. The summed E-state index contributed by atoms with van der Waals surface area (Å²) in [4.78, 5) is 14.8. The highest BCUT2D eigenvalue weighted by Crippen LogP contribution is 2.39. The van der Waals surface area contributed by atoms with Crippen LogP contribution in [0, 0.1) is 5.92 Å². The van der Waals surface area contributed by atoms with Gasteiger partial charge in [-0.3, -0.25) is 4.79 Å². The molecule has 0 radical (unpaired) electrons. The van der Waals surface area contributed by atoms with Crippen LogP contribution in [0.3, 0.4) is 0 Å². The fraction of sp³-hybridized carbons (Fsp3) is 0.375. The molecule has 1 heterocycles. The summed E-state index contributed by atoms with van der Waals surface area (Å²) < 4.78 is 11.8. The highest BCUT2D eigenvalue weighted by atomic mass is 16.5. The molecule has 0 spiro atoms. The zero-order chi connectivity index (χ0) is 20.3. The van der Waals surface area contributed by atoms with Crippen LogP contribution in [-0.2, 0) is 11.3 Å². The van der Waals surface area contributed by atoms with Crippen molar-refractivity contribution in [3.05, 3.63) is 59.7 Å². The smallest absolute Gasteiger partial charge is 0.227 e. The van der Waals surface area contributed by atoms with Gasteiger partial charge >= 0.3 is 0 Å². The lowest BCUT2D eigenvalue weighted by Crippen LogP contribution is -2.31. The van der Waals surface area contributed by atoms with E-state index in [-0.39, 0.29) is 11.5 Å². The first kappa shape index (κ1) is 20.0. The van der Waals surface area contributed by atoms with E-state index in [1.807, 2.05) is 73.4 Å². The van der Waals surface area contributed by atoms with Crippen molar-refractivity contribution in [1.29, 1.82) is 0 Å². The predicted octanol–water partition coefficient (Wildman–Crippen LogP) is 5.46. The highest BCUT2D eigenvalue weighted by molar-refractivity contribution is 5.93. The Morgan fingerprint density at radius 2 is 1.86 bits per heavy atom. The maximum absolute atomic E-state index is 13.0. The Morgan fingerprint density at radius 1 is 1.14 bits per heavy atom. The van der Waals surface area contributed by atoms with Crippen LogP contribution in [0.2, 0.25) is 0 Å². The van der Waals surface area contributed by atoms with Gasteiger partial charge in [0.25, 0.3) is 0 Å². The first-order chi connectivity index (χ1) is 13.3. The molecule has 0 bridgehead atoms. The summed E-state index contributed by atoms with van der Waals surface area (Å²) in [6, 6.07) is 13.8. The van der Waals surface area contributed by atoms with Crippen LogP contribution < -0.4 is 14.4 Å². The van der Waals surface area contributed by atoms with Crippen molar-refractivity contribution < 1.29 is 14.3 Å². The van der Waals surface area contributed by atoms with E-state index in [9.17, 15) is 4.79 Å². The molecule has 0 aliphatic carbocycles. The minimum Gasteiger partial charge on any atom is -0.496 e. The number of hydrogen-bond donors (Lipinski definition) is 0. The third kappa shape index (κ3) is 4.38. The number of benzene rings is 2. The Hall–Kier alpha value is -2.75. The molecule has 1 aliphatic heterocycles. The van der Waals surface area contributed by atoms with Crippen molar-refractivity contribution >= 4 is 17.7 Å². The van der Waals surface area contributed by atoms with Gasteiger partial charge in [-0.1, -0.05) is 32.0 Å². The van der Waals surface area contributed by atoms with Crippen LogP contribution >= 0.6 is 0 Å². The fourth-order valence-corrected chi connectivity index (χ4v) is 3.40. The van der Waals surface area contributed by atoms with E-state index in [0.29, 0.717) is 18.9 Å². The molecule has 2 aromatic carbocycles. The van der Waals surface area contributed by atoms with Crippen molar-refractivity contribution in [2.75, 3.05) is 12.0 Å². The average Bonchev–Trinajstić information content (AvgIpc) is 2.65. The Kier molecular flexibility index (Phi) is 5.78. The van der Waals surface area contributed by atoms with Gasteiger partial charge in [0.05, 0.1) is 19.2 Å². The Balaban J connectivity index is 1.98. The van der Waals surface area contributed by atoms with E-state index < -0.39 is 0 Å². The van der Waals surface area contributed by atoms with Gasteiger partial charge in [-0.2, -0.15) is 0 Å². The van der Waals surface area contributed by atoms with Gasteiger partial charge in [0.2, 0.25) is 5.91 Å². The largest absolute Gasteiger partial charge is 0.496 e. The summed E-state index contributed by atoms with van der Waals surface area (Å²) in [5.41, 5.74) is 2.42. The van der Waals surface area contributed by atoms with Crippen molar-refractivity contribution in [2.45, 2.75) is 46.3 Å². The molecule has 148 valence electrons. The number of carbonyl (C=O) groups excluding carboxylic acids is 1. The van der Waals surface area contributed by atoms with Gasteiger partial charge in [0.1, 0.15) is 17.1 Å². The van der Waals surface area contributed by atoms with Gasteiger partial charge in [0.15, 0.2) is 0 Å². The molecule has 1 amide bonds. The third-order valence-corrected chi connectivity index (χ3v) is 4.75. The van der Waals surface area contributed by atoms with Crippen molar-refractivity contribution in [3.63, 3.8) is 0 Å². The van der Waals surface area contributed by atoms with Crippen molar-refractivity contribution in [1.82, 2.24) is 0 Å². The number of fused-ring (bicyclic) bond motifs is 1. The lowest BCUT2D eigenvalue weighted by atomic mass is 9.99. The van der Waals surface area contributed by atoms with E-state index in [2.05, 4.69) is 13.8 Å². The normalized spacial score (nSPS) is 14.4. The van der Waals surface area contributed by atoms with Gasteiger partial charge < -0.3 is 14.4 Å². The Morgan fingerprint density at radius 3 is 2.50 bits per heavy atom. The summed E-state index contributed by atoms with van der Waals surface area (Å²) in [6.45, 7) is 8.61. The summed E-state index contributed by atoms with van der Waals surface area (Å²) in [6.07, 6.45) is 4.57. The summed E-state index contributed by atoms with van der Waals surface area (Å²) in [7, 11) is 1.66. The molecule has 0 fully saturated rings. The highest BCUT2D eigenvalue weighted by Gasteiger charge is 2.26. The minimum absolute atomic E-state index is 0.105. The van der Waals surface area contributed by atoms with Gasteiger partial charge in [0, 0.05) is 17.7 Å². The van der Waals surface area contributed by atoms with E-state index in [1.54, 1.807) is 7.11 Å². The SMILES string of the molecule is COc1c(CN(C(=O)CC(C)C)c2ccccc2)ccc2c1C=CC(C)(C)O2. The Bertz CT molecular complexity index is 869. The van der Waals surface area contributed by atoms with Crippen LogP contribution in [0.4, 0.5) is 5.69 Å². The van der Waals surface area contributed by atoms with Crippen LogP contribution in [0.5, 0.6) is 11.5 Å². The average molecular weight is 380 g/mol. The molecule has 4 heteroatoms. The lowest BCUT2D eigenvalue weighted by Gasteiger charge is -2.30. The molecule has 0 unspecified atom stereocenters. The molecule has 0 atom stereocenters. The van der Waals surface area contributed by atoms with Gasteiger partial charge in [-0.25, -0.2) is 0 Å². The van der Waals surface area contributed by atoms with E-state index in [4.69, 9.17) is 9.47 Å². The third-order valence-electron chi connectivity index (χ3n) is 4.75. The molecule has 28 heavy (non-hydrogen) atoms. The molecular formula is C24H29NO3. The van der Waals surface area contributed by atoms with Crippen molar-refractivity contribution in [3.8, 4) is 11.5 Å². The number of nitrogens with zero attached hydrogens (tertiary/aromatic N) is 1. The topological polar surface area (TPSA) is 38.8 Å². The van der Waals surface area contributed by atoms with Crippen LogP contribution in [0.1, 0.15) is 45.2 Å². The van der Waals surface area contributed by atoms with Gasteiger partial charge in [-0.05, 0) is 56.2 Å². The van der Waals surface area contributed by atoms with Crippen LogP contribution in [0.25, 0.3) is 6.08 Å². The Labute approximate surface area is 167 Å². The number of carbonyl (C=O) groups is 1. The van der Waals surface area contributed by atoms with Crippen molar-refractivity contribution in [2.24, 2.45) is 5.92 Å². The maximum Gasteiger partial charge on any atom is 0.227 e. The standard InChI is InChI=1S/C24H29NO3/c1-17(2)15-22(26)25(19-9-7-6-8-10-19)16-18-11-12-21-20(23(18)27-5)13-14-24(3,4)28-21/h6-14,17H,15-16H2,1-5H3. The second-order valence-corrected chi connectivity index (χ2v) is 8.12. The maximum atomic E-state index is 13.0. The van der Waals surface area contributed by atoms with E-state index in [1.165, 1.54) is 0 Å². The number of hydrogen-bond acceptors (Lipinski definition) is 3. The molecule has 0 saturated heterocycles. The molecule has 0 N–H and O–H groups in total. The van der Waals surface area contributed by atoms with Crippen LogP contribution in [-0.4, -0.2) is 18.6 Å². The monoisotopic (exact) mass is 379 g/mol. The quantitative estimate of drug-likeness (QED) is 0.669. The molecule has 0 aromatic heterocycles. The first-order valence-corrected chi connectivity index (χ1v) is 9.74. The number of para-hydroxylation sites is 1. The second-order valence-electron chi connectivity index (χ2n) is 8.12.